The number of ether oxygens (including phenoxy) is 1. The van der Waals surface area contributed by atoms with Crippen LogP contribution in [0.25, 0.3) is 0 Å². The number of nitrogens with one attached hydrogen (secondary N) is 1. The van der Waals surface area contributed by atoms with Crippen molar-refractivity contribution < 1.29 is 18.3 Å². The zero-order valence-corrected chi connectivity index (χ0v) is 13.1. The number of morpholine rings is 1. The molecule has 1 aromatic carbocycles. The molecule has 6 nitrogen and oxygen atoms in total. The van der Waals surface area contributed by atoms with Crippen LogP contribution in [0.3, 0.4) is 0 Å². The van der Waals surface area contributed by atoms with E-state index in [1.807, 2.05) is 7.05 Å². The molecule has 0 bridgehead atoms. The average molecular weight is 314 g/mol. The van der Waals surface area contributed by atoms with Gasteiger partial charge in [0.05, 0.1) is 23.7 Å². The van der Waals surface area contributed by atoms with Gasteiger partial charge in [0.1, 0.15) is 0 Å². The monoisotopic (exact) mass is 314 g/mol. The van der Waals surface area contributed by atoms with Crippen LogP contribution in [-0.4, -0.2) is 57.8 Å². The summed E-state index contributed by atoms with van der Waals surface area (Å²) in [6, 6.07) is 6.33. The van der Waals surface area contributed by atoms with E-state index < -0.39 is 16.1 Å². The predicted octanol–water partition coefficient (Wildman–Crippen LogP) is 0.349. The van der Waals surface area contributed by atoms with Crippen molar-refractivity contribution in [2.24, 2.45) is 0 Å². The van der Waals surface area contributed by atoms with Crippen LogP contribution in [0.2, 0.25) is 0 Å². The van der Waals surface area contributed by atoms with Crippen LogP contribution in [0.4, 0.5) is 0 Å². The molecule has 2 rings (SSSR count). The minimum Gasteiger partial charge on any atom is -0.389 e. The van der Waals surface area contributed by atoms with Crippen molar-refractivity contribution in [3.05, 3.63) is 29.8 Å². The van der Waals surface area contributed by atoms with Gasteiger partial charge in [-0.25, -0.2) is 13.1 Å². The topological polar surface area (TPSA) is 78.9 Å². The van der Waals surface area contributed by atoms with Crippen molar-refractivity contribution in [2.75, 3.05) is 33.3 Å². The predicted molar refractivity (Wildman–Crippen MR) is 79.5 cm³/mol. The van der Waals surface area contributed by atoms with Crippen LogP contribution in [-0.2, 0) is 14.8 Å². The van der Waals surface area contributed by atoms with Gasteiger partial charge in [0.2, 0.25) is 10.0 Å². The van der Waals surface area contributed by atoms with Gasteiger partial charge >= 0.3 is 0 Å². The summed E-state index contributed by atoms with van der Waals surface area (Å²) in [6.07, 6.45) is -0.839. The maximum Gasteiger partial charge on any atom is 0.240 e. The van der Waals surface area contributed by atoms with Crippen molar-refractivity contribution in [3.63, 3.8) is 0 Å². The average Bonchev–Trinajstić information content (AvgIpc) is 2.45. The molecule has 2 unspecified atom stereocenters. The highest BCUT2D eigenvalue weighted by atomic mass is 32.2. The molecular weight excluding hydrogens is 292 g/mol. The summed E-state index contributed by atoms with van der Waals surface area (Å²) in [4.78, 5) is 2.27. The molecule has 1 heterocycles. The van der Waals surface area contributed by atoms with E-state index in [1.165, 1.54) is 12.1 Å². The van der Waals surface area contributed by atoms with Gasteiger partial charge in [-0.3, -0.25) is 0 Å². The molecule has 2 atom stereocenters. The first-order valence-electron chi connectivity index (χ1n) is 6.96. The van der Waals surface area contributed by atoms with Gasteiger partial charge in [0.25, 0.3) is 0 Å². The number of aliphatic hydroxyl groups is 1. The Morgan fingerprint density at radius 1 is 1.52 bits per heavy atom. The standard InChI is InChI=1S/C14H22N2O4S/c1-11(17)12-4-3-5-14(8-12)21(18,19)15-9-13-10-16(2)6-7-20-13/h3-5,8,11,13,15,17H,6-7,9-10H2,1-2H3. The normalized spacial score (nSPS) is 22.1. The molecular formula is C14H22N2O4S. The van der Waals surface area contributed by atoms with E-state index in [0.717, 1.165) is 6.54 Å². The van der Waals surface area contributed by atoms with E-state index in [-0.39, 0.29) is 17.5 Å². The molecule has 1 aliphatic heterocycles. The summed E-state index contributed by atoms with van der Waals surface area (Å²) >= 11 is 0. The maximum atomic E-state index is 12.3. The van der Waals surface area contributed by atoms with Gasteiger partial charge in [0.15, 0.2) is 0 Å². The fourth-order valence-electron chi connectivity index (χ4n) is 2.22. The molecule has 0 saturated carbocycles. The molecule has 0 amide bonds. The molecule has 0 aliphatic carbocycles. The molecule has 0 aromatic heterocycles. The van der Waals surface area contributed by atoms with Crippen molar-refractivity contribution in [1.82, 2.24) is 9.62 Å². The number of benzene rings is 1. The highest BCUT2D eigenvalue weighted by molar-refractivity contribution is 7.89. The van der Waals surface area contributed by atoms with Gasteiger partial charge in [-0.15, -0.1) is 0 Å². The number of sulfonamides is 1. The molecule has 2 N–H and O–H groups in total. The second-order valence-electron chi connectivity index (χ2n) is 5.36. The van der Waals surface area contributed by atoms with Crippen LogP contribution in [0.15, 0.2) is 29.2 Å². The number of aliphatic hydroxyl groups excluding tert-OH is 1. The lowest BCUT2D eigenvalue weighted by Gasteiger charge is -2.30. The first-order valence-corrected chi connectivity index (χ1v) is 8.44. The first kappa shape index (κ1) is 16.4. The van der Waals surface area contributed by atoms with Gasteiger partial charge in [-0.05, 0) is 31.7 Å². The molecule has 0 radical (unpaired) electrons. The van der Waals surface area contributed by atoms with Gasteiger partial charge < -0.3 is 14.7 Å². The quantitative estimate of drug-likeness (QED) is 0.820. The van der Waals surface area contributed by atoms with E-state index in [1.54, 1.807) is 19.1 Å². The summed E-state index contributed by atoms with van der Waals surface area (Å²) < 4.78 is 32.6. The Morgan fingerprint density at radius 3 is 2.95 bits per heavy atom. The SMILES string of the molecule is CC(O)c1cccc(S(=O)(=O)NCC2CN(C)CCO2)c1. The summed E-state index contributed by atoms with van der Waals surface area (Å²) in [7, 11) is -1.61. The zero-order chi connectivity index (χ0) is 15.5. The van der Waals surface area contributed by atoms with E-state index >= 15 is 0 Å². The number of hydrogen-bond acceptors (Lipinski definition) is 5. The third-order valence-corrected chi connectivity index (χ3v) is 4.91. The second kappa shape index (κ2) is 6.85. The summed E-state index contributed by atoms with van der Waals surface area (Å²) in [5.74, 6) is 0. The largest absolute Gasteiger partial charge is 0.389 e. The lowest BCUT2D eigenvalue weighted by molar-refractivity contribution is -0.0156. The van der Waals surface area contributed by atoms with E-state index in [2.05, 4.69) is 9.62 Å². The van der Waals surface area contributed by atoms with Gasteiger partial charge in [0, 0.05) is 19.6 Å². The highest BCUT2D eigenvalue weighted by Gasteiger charge is 2.21. The van der Waals surface area contributed by atoms with Crippen molar-refractivity contribution in [2.45, 2.75) is 24.0 Å². The second-order valence-corrected chi connectivity index (χ2v) is 7.12. The van der Waals surface area contributed by atoms with E-state index in [0.29, 0.717) is 18.7 Å². The van der Waals surface area contributed by atoms with E-state index in [4.69, 9.17) is 4.74 Å². The van der Waals surface area contributed by atoms with E-state index in [9.17, 15) is 13.5 Å². The summed E-state index contributed by atoms with van der Waals surface area (Å²) in [5, 5.41) is 9.54. The molecule has 1 fully saturated rings. The van der Waals surface area contributed by atoms with Crippen LogP contribution >= 0.6 is 0 Å². The van der Waals surface area contributed by atoms with Crippen molar-refractivity contribution in [3.8, 4) is 0 Å². The lowest BCUT2D eigenvalue weighted by atomic mass is 10.1. The van der Waals surface area contributed by atoms with Crippen LogP contribution in [0.5, 0.6) is 0 Å². The third-order valence-electron chi connectivity index (χ3n) is 3.49. The minimum absolute atomic E-state index is 0.140. The summed E-state index contributed by atoms with van der Waals surface area (Å²) in [5.41, 5.74) is 0.575. The first-order chi connectivity index (χ1) is 9.88. The molecule has 118 valence electrons. The number of likely N-dealkylation sites (N-methyl/N-ethyl adjacent to an activating group) is 1. The highest BCUT2D eigenvalue weighted by Crippen LogP contribution is 2.17. The molecule has 0 spiro atoms. The Bertz CT molecular complexity index is 574. The Balaban J connectivity index is 2.03. The maximum absolute atomic E-state index is 12.3. The number of rotatable bonds is 5. The Hall–Kier alpha value is -0.990. The Morgan fingerprint density at radius 2 is 2.29 bits per heavy atom. The van der Waals surface area contributed by atoms with Crippen LogP contribution in [0, 0.1) is 0 Å². The van der Waals surface area contributed by atoms with Crippen molar-refractivity contribution in [1.29, 1.82) is 0 Å². The molecule has 7 heteroatoms. The molecule has 21 heavy (non-hydrogen) atoms. The van der Waals surface area contributed by atoms with Crippen LogP contribution < -0.4 is 4.72 Å². The fourth-order valence-corrected chi connectivity index (χ4v) is 3.34. The van der Waals surface area contributed by atoms with Gasteiger partial charge in [-0.1, -0.05) is 12.1 Å². The minimum atomic E-state index is -3.59. The van der Waals surface area contributed by atoms with Gasteiger partial charge in [-0.2, -0.15) is 0 Å². The smallest absolute Gasteiger partial charge is 0.240 e. The third kappa shape index (κ3) is 4.49. The van der Waals surface area contributed by atoms with Crippen molar-refractivity contribution >= 4 is 10.0 Å². The number of nitrogens with zero attached hydrogens (tertiary/aromatic N) is 1. The molecule has 1 aromatic rings. The molecule has 1 aliphatic rings. The zero-order valence-electron chi connectivity index (χ0n) is 12.3. The Labute approximate surface area is 125 Å². The molecule has 1 saturated heterocycles. The fraction of sp³-hybridized carbons (Fsp3) is 0.571. The Kier molecular flexibility index (Phi) is 5.34. The lowest BCUT2D eigenvalue weighted by Crippen LogP contribution is -2.45. The summed E-state index contributed by atoms with van der Waals surface area (Å²) in [6.45, 7) is 4.02. The van der Waals surface area contributed by atoms with Crippen LogP contribution in [0.1, 0.15) is 18.6 Å². The number of hydrogen-bond donors (Lipinski definition) is 2.